The lowest BCUT2D eigenvalue weighted by Crippen LogP contribution is -2.32. The highest BCUT2D eigenvalue weighted by Gasteiger charge is 2.38. The molecule has 2 aliphatic rings. The van der Waals surface area contributed by atoms with E-state index in [9.17, 15) is 4.79 Å². The van der Waals surface area contributed by atoms with Gasteiger partial charge in [0, 0.05) is 21.4 Å². The molecule has 0 atom stereocenters. The second kappa shape index (κ2) is 6.35. The van der Waals surface area contributed by atoms with Crippen LogP contribution in [-0.2, 0) is 0 Å². The number of hydrogen-bond donors (Lipinski definition) is 0. The van der Waals surface area contributed by atoms with Gasteiger partial charge in [-0.3, -0.25) is 4.79 Å². The highest BCUT2D eigenvalue weighted by molar-refractivity contribution is 7.99. The van der Waals surface area contributed by atoms with Gasteiger partial charge < -0.3 is 13.8 Å². The molecule has 0 N–H and O–H groups in total. The molecule has 0 unspecified atom stereocenters. The maximum absolute atomic E-state index is 13.2. The SMILES string of the molecule is O=C1c2ccccc2Sc2cc(-c3noc(-c4ccco4)n3)ccc2N1C1CC1. The van der Waals surface area contributed by atoms with Crippen LogP contribution in [0.5, 0.6) is 0 Å². The summed E-state index contributed by atoms with van der Waals surface area (Å²) in [6.45, 7) is 0. The van der Waals surface area contributed by atoms with Crippen LogP contribution in [0.1, 0.15) is 23.2 Å². The van der Waals surface area contributed by atoms with Crippen LogP contribution in [-0.4, -0.2) is 22.1 Å². The van der Waals surface area contributed by atoms with Crippen molar-refractivity contribution in [2.75, 3.05) is 4.90 Å². The minimum atomic E-state index is 0.0711. The van der Waals surface area contributed by atoms with E-state index in [1.807, 2.05) is 47.4 Å². The third kappa shape index (κ3) is 2.77. The molecular formula is C22H15N3O3S. The van der Waals surface area contributed by atoms with Crippen LogP contribution in [0.15, 0.2) is 79.6 Å². The fraction of sp³-hybridized carbons (Fsp3) is 0.136. The van der Waals surface area contributed by atoms with Gasteiger partial charge in [0.25, 0.3) is 11.8 Å². The van der Waals surface area contributed by atoms with Crippen LogP contribution in [0.25, 0.3) is 23.0 Å². The molecule has 3 heterocycles. The fourth-order valence-electron chi connectivity index (χ4n) is 3.56. The Morgan fingerprint density at radius 1 is 1.03 bits per heavy atom. The van der Waals surface area contributed by atoms with Crippen molar-refractivity contribution in [2.45, 2.75) is 28.7 Å². The number of nitrogens with zero attached hydrogens (tertiary/aromatic N) is 3. The largest absolute Gasteiger partial charge is 0.459 e. The summed E-state index contributed by atoms with van der Waals surface area (Å²) in [6, 6.07) is 17.6. The average molecular weight is 401 g/mol. The zero-order valence-corrected chi connectivity index (χ0v) is 16.1. The molecule has 0 bridgehead atoms. The molecule has 142 valence electrons. The van der Waals surface area contributed by atoms with Crippen molar-refractivity contribution >= 4 is 23.4 Å². The maximum atomic E-state index is 13.2. The Bertz CT molecular complexity index is 1230. The Kier molecular flexibility index (Phi) is 3.64. The predicted molar refractivity (Wildman–Crippen MR) is 108 cm³/mol. The van der Waals surface area contributed by atoms with Crippen molar-refractivity contribution in [3.63, 3.8) is 0 Å². The summed E-state index contributed by atoms with van der Waals surface area (Å²) in [7, 11) is 0. The monoisotopic (exact) mass is 401 g/mol. The van der Waals surface area contributed by atoms with E-state index in [1.54, 1.807) is 30.2 Å². The Morgan fingerprint density at radius 3 is 2.76 bits per heavy atom. The van der Waals surface area contributed by atoms with Gasteiger partial charge in [0.2, 0.25) is 5.82 Å². The summed E-state index contributed by atoms with van der Waals surface area (Å²) >= 11 is 1.60. The highest BCUT2D eigenvalue weighted by atomic mass is 32.2. The van der Waals surface area contributed by atoms with Crippen molar-refractivity contribution in [2.24, 2.45) is 0 Å². The van der Waals surface area contributed by atoms with Gasteiger partial charge in [0.15, 0.2) is 5.76 Å². The minimum absolute atomic E-state index is 0.0711. The van der Waals surface area contributed by atoms with Crippen molar-refractivity contribution in [1.82, 2.24) is 10.1 Å². The summed E-state index contributed by atoms with van der Waals surface area (Å²) in [5.41, 5.74) is 2.53. The number of benzene rings is 2. The first-order chi connectivity index (χ1) is 14.3. The van der Waals surface area contributed by atoms with Crippen LogP contribution in [0.4, 0.5) is 5.69 Å². The lowest BCUT2D eigenvalue weighted by molar-refractivity contribution is 0.0982. The summed E-state index contributed by atoms with van der Waals surface area (Å²) in [6.07, 6.45) is 3.65. The van der Waals surface area contributed by atoms with Crippen LogP contribution < -0.4 is 4.90 Å². The van der Waals surface area contributed by atoms with Crippen molar-refractivity contribution in [3.05, 3.63) is 66.4 Å². The van der Waals surface area contributed by atoms with Gasteiger partial charge >= 0.3 is 0 Å². The van der Waals surface area contributed by atoms with Gasteiger partial charge in [-0.2, -0.15) is 4.98 Å². The molecule has 2 aromatic carbocycles. The molecule has 0 saturated heterocycles. The summed E-state index contributed by atoms with van der Waals surface area (Å²) in [4.78, 5) is 21.6. The topological polar surface area (TPSA) is 72.4 Å². The van der Waals surface area contributed by atoms with E-state index in [2.05, 4.69) is 10.1 Å². The Morgan fingerprint density at radius 2 is 1.93 bits per heavy atom. The molecule has 1 amide bonds. The minimum Gasteiger partial charge on any atom is -0.459 e. The Labute approximate surface area is 170 Å². The first kappa shape index (κ1) is 16.6. The number of rotatable bonds is 3. The maximum Gasteiger partial charge on any atom is 0.293 e. The number of carbonyl (C=O) groups is 1. The van der Waals surface area contributed by atoms with Gasteiger partial charge in [-0.05, 0) is 55.3 Å². The lowest BCUT2D eigenvalue weighted by Gasteiger charge is -2.22. The second-order valence-corrected chi connectivity index (χ2v) is 8.17. The van der Waals surface area contributed by atoms with Crippen molar-refractivity contribution < 1.29 is 13.7 Å². The molecule has 6 rings (SSSR count). The quantitative estimate of drug-likeness (QED) is 0.466. The normalized spacial score (nSPS) is 15.7. The highest BCUT2D eigenvalue weighted by Crippen LogP contribution is 2.46. The van der Waals surface area contributed by atoms with Gasteiger partial charge in [0.1, 0.15) is 0 Å². The van der Waals surface area contributed by atoms with Crippen LogP contribution in [0.3, 0.4) is 0 Å². The van der Waals surface area contributed by atoms with Gasteiger partial charge in [-0.1, -0.05) is 29.1 Å². The third-order valence-corrected chi connectivity index (χ3v) is 6.23. The first-order valence-corrected chi connectivity index (χ1v) is 10.2. The first-order valence-electron chi connectivity index (χ1n) is 9.40. The molecule has 7 heteroatoms. The second-order valence-electron chi connectivity index (χ2n) is 7.09. The molecule has 0 radical (unpaired) electrons. The van der Waals surface area contributed by atoms with E-state index in [4.69, 9.17) is 8.94 Å². The van der Waals surface area contributed by atoms with E-state index in [-0.39, 0.29) is 11.9 Å². The number of carbonyl (C=O) groups excluding carboxylic acids is 1. The van der Waals surface area contributed by atoms with E-state index in [0.29, 0.717) is 17.5 Å². The van der Waals surface area contributed by atoms with E-state index in [0.717, 1.165) is 39.4 Å². The zero-order valence-electron chi connectivity index (χ0n) is 15.2. The van der Waals surface area contributed by atoms with Crippen molar-refractivity contribution in [3.8, 4) is 23.0 Å². The van der Waals surface area contributed by atoms with Gasteiger partial charge in [0.05, 0.1) is 17.5 Å². The van der Waals surface area contributed by atoms with Crippen LogP contribution >= 0.6 is 11.8 Å². The van der Waals surface area contributed by atoms with Crippen molar-refractivity contribution in [1.29, 1.82) is 0 Å². The molecular weight excluding hydrogens is 386 g/mol. The van der Waals surface area contributed by atoms with Gasteiger partial charge in [-0.25, -0.2) is 0 Å². The van der Waals surface area contributed by atoms with E-state index < -0.39 is 0 Å². The molecule has 1 fully saturated rings. The number of hydrogen-bond acceptors (Lipinski definition) is 6. The molecule has 29 heavy (non-hydrogen) atoms. The Balaban J connectivity index is 1.45. The van der Waals surface area contributed by atoms with Crippen LogP contribution in [0, 0.1) is 0 Å². The molecule has 6 nitrogen and oxygen atoms in total. The Hall–Kier alpha value is -3.32. The number of amides is 1. The molecule has 4 aromatic rings. The van der Waals surface area contributed by atoms with Crippen LogP contribution in [0.2, 0.25) is 0 Å². The number of furan rings is 1. The third-order valence-electron chi connectivity index (χ3n) is 5.10. The molecule has 2 aromatic heterocycles. The molecule has 1 saturated carbocycles. The summed E-state index contributed by atoms with van der Waals surface area (Å²) < 4.78 is 10.7. The summed E-state index contributed by atoms with van der Waals surface area (Å²) in [5.74, 6) is 1.43. The fourth-order valence-corrected chi connectivity index (χ4v) is 4.67. The molecule has 1 aliphatic carbocycles. The van der Waals surface area contributed by atoms with E-state index >= 15 is 0 Å². The predicted octanol–water partition coefficient (Wildman–Crippen LogP) is 5.27. The summed E-state index contributed by atoms with van der Waals surface area (Å²) in [5, 5.41) is 4.10. The van der Waals surface area contributed by atoms with Gasteiger partial charge in [-0.15, -0.1) is 0 Å². The molecule has 1 aliphatic heterocycles. The van der Waals surface area contributed by atoms with E-state index in [1.165, 1.54) is 0 Å². The zero-order chi connectivity index (χ0) is 19.4. The number of anilines is 1. The average Bonchev–Trinajstić information content (AvgIpc) is 3.24. The smallest absolute Gasteiger partial charge is 0.293 e. The molecule has 0 spiro atoms. The standard InChI is InChI=1S/C22H15N3O3S/c26-22-15-4-1-2-6-18(15)29-19-12-13(7-10-16(19)25(22)14-8-9-14)20-23-21(28-24-20)17-5-3-11-27-17/h1-7,10-12,14H,8-9H2. The lowest BCUT2D eigenvalue weighted by atomic mass is 10.1. The number of aromatic nitrogens is 2. The number of fused-ring (bicyclic) bond motifs is 2.